The zero-order chi connectivity index (χ0) is 12.7. The summed E-state index contributed by atoms with van der Waals surface area (Å²) < 4.78 is 0. The monoisotopic (exact) mass is 233 g/mol. The van der Waals surface area contributed by atoms with Gasteiger partial charge < -0.3 is 5.21 Å². The second-order valence-corrected chi connectivity index (χ2v) is 4.81. The number of hydrogen-bond acceptors (Lipinski definition) is 2. The second kappa shape index (κ2) is 7.10. The maximum absolute atomic E-state index is 9.02. The van der Waals surface area contributed by atoms with Crippen molar-refractivity contribution in [2.75, 3.05) is 0 Å². The van der Waals surface area contributed by atoms with Crippen LogP contribution in [0.4, 0.5) is 0 Å². The van der Waals surface area contributed by atoms with Crippen LogP contribution < -0.4 is 0 Å². The van der Waals surface area contributed by atoms with Crippen LogP contribution in [-0.4, -0.2) is 10.9 Å². The van der Waals surface area contributed by atoms with E-state index in [-0.39, 0.29) is 0 Å². The van der Waals surface area contributed by atoms with Crippen LogP contribution in [0.3, 0.4) is 0 Å². The predicted molar refractivity (Wildman–Crippen MR) is 73.6 cm³/mol. The van der Waals surface area contributed by atoms with Gasteiger partial charge in [-0.2, -0.15) is 0 Å². The number of allylic oxidation sites excluding steroid dienone is 6. The number of rotatable bonds is 0. The smallest absolute Gasteiger partial charge is 0.0824 e. The molecule has 0 radical (unpaired) electrons. The lowest BCUT2D eigenvalue weighted by atomic mass is 10.00. The van der Waals surface area contributed by atoms with Gasteiger partial charge in [-0.1, -0.05) is 34.5 Å². The minimum absolute atomic E-state index is 0.810. The highest BCUT2D eigenvalue weighted by Crippen LogP contribution is 2.15. The molecule has 0 bridgehead atoms. The van der Waals surface area contributed by atoms with Crippen molar-refractivity contribution in [2.45, 2.75) is 52.9 Å². The zero-order valence-corrected chi connectivity index (χ0v) is 11.2. The first-order valence-corrected chi connectivity index (χ1v) is 6.33. The van der Waals surface area contributed by atoms with E-state index in [9.17, 15) is 0 Å². The lowest BCUT2D eigenvalue weighted by Crippen LogP contribution is -2.01. The molecule has 0 aromatic rings. The minimum Gasteiger partial charge on any atom is -0.411 e. The normalized spacial score (nSPS) is 31.2. The third-order valence-corrected chi connectivity index (χ3v) is 3.25. The summed E-state index contributed by atoms with van der Waals surface area (Å²) >= 11 is 0. The van der Waals surface area contributed by atoms with Gasteiger partial charge in [0.15, 0.2) is 0 Å². The molecule has 1 rings (SSSR count). The van der Waals surface area contributed by atoms with Gasteiger partial charge in [0.1, 0.15) is 0 Å². The minimum atomic E-state index is 0.810. The average Bonchev–Trinajstić information content (AvgIpc) is 2.28. The fourth-order valence-corrected chi connectivity index (χ4v) is 1.95. The van der Waals surface area contributed by atoms with Crippen LogP contribution in [0, 0.1) is 0 Å². The Morgan fingerprint density at radius 3 is 2.35 bits per heavy atom. The third-order valence-electron chi connectivity index (χ3n) is 3.25. The highest BCUT2D eigenvalue weighted by molar-refractivity contribution is 5.99. The van der Waals surface area contributed by atoms with Crippen LogP contribution in [0.25, 0.3) is 0 Å². The van der Waals surface area contributed by atoms with E-state index < -0.39 is 0 Å². The van der Waals surface area contributed by atoms with Crippen molar-refractivity contribution in [3.8, 4) is 0 Å². The van der Waals surface area contributed by atoms with E-state index in [4.69, 9.17) is 5.21 Å². The molecule has 0 heterocycles. The molecule has 0 aromatic carbocycles. The molecule has 0 saturated carbocycles. The molecule has 0 unspecified atom stereocenters. The molecule has 0 saturated heterocycles. The Morgan fingerprint density at radius 2 is 1.65 bits per heavy atom. The van der Waals surface area contributed by atoms with Crippen LogP contribution in [-0.2, 0) is 0 Å². The molecular weight excluding hydrogens is 210 g/mol. The summed E-state index contributed by atoms with van der Waals surface area (Å²) in [6.07, 6.45) is 11.7. The fourth-order valence-electron chi connectivity index (χ4n) is 1.95. The van der Waals surface area contributed by atoms with Gasteiger partial charge in [0.05, 0.1) is 5.71 Å². The molecule has 2 nitrogen and oxygen atoms in total. The van der Waals surface area contributed by atoms with Crippen LogP contribution in [0.2, 0.25) is 0 Å². The molecule has 0 spiro atoms. The summed E-state index contributed by atoms with van der Waals surface area (Å²) in [6, 6.07) is 0. The zero-order valence-electron chi connectivity index (χ0n) is 11.2. The molecule has 1 aliphatic rings. The second-order valence-electron chi connectivity index (χ2n) is 4.81. The van der Waals surface area contributed by atoms with Gasteiger partial charge in [0.25, 0.3) is 0 Å². The lowest BCUT2D eigenvalue weighted by molar-refractivity contribution is 0.318. The van der Waals surface area contributed by atoms with E-state index in [1.807, 2.05) is 6.92 Å². The quantitative estimate of drug-likeness (QED) is 0.369. The summed E-state index contributed by atoms with van der Waals surface area (Å²) in [5.74, 6) is 0. The van der Waals surface area contributed by atoms with Crippen molar-refractivity contribution in [3.63, 3.8) is 0 Å². The van der Waals surface area contributed by atoms with E-state index in [1.54, 1.807) is 0 Å². The molecule has 94 valence electrons. The first-order chi connectivity index (χ1) is 8.13. The predicted octanol–water partition coefficient (Wildman–Crippen LogP) is 4.62. The summed E-state index contributed by atoms with van der Waals surface area (Å²) in [5.41, 5.74) is 4.71. The van der Waals surface area contributed by atoms with E-state index in [0.717, 1.165) is 43.4 Å². The van der Waals surface area contributed by atoms with Crippen molar-refractivity contribution in [1.29, 1.82) is 0 Å². The summed E-state index contributed by atoms with van der Waals surface area (Å²) in [5, 5.41) is 12.4. The molecule has 0 amide bonds. The molecule has 0 aliphatic heterocycles. The molecule has 1 N–H and O–H groups in total. The van der Waals surface area contributed by atoms with Gasteiger partial charge >= 0.3 is 0 Å². The topological polar surface area (TPSA) is 32.6 Å². The summed E-state index contributed by atoms with van der Waals surface area (Å²) in [7, 11) is 0. The first kappa shape index (κ1) is 13.8. The Morgan fingerprint density at radius 1 is 0.941 bits per heavy atom. The summed E-state index contributed by atoms with van der Waals surface area (Å²) in [6.45, 7) is 6.35. The largest absolute Gasteiger partial charge is 0.411 e. The van der Waals surface area contributed by atoms with Gasteiger partial charge in [-0.15, -0.1) is 0 Å². The van der Waals surface area contributed by atoms with Crippen LogP contribution in [0.1, 0.15) is 52.9 Å². The van der Waals surface area contributed by atoms with E-state index in [0.29, 0.717) is 0 Å². The molecule has 0 fully saturated rings. The molecule has 0 atom stereocenters. The van der Waals surface area contributed by atoms with Crippen LogP contribution in [0.5, 0.6) is 0 Å². The van der Waals surface area contributed by atoms with Gasteiger partial charge in [0.2, 0.25) is 0 Å². The summed E-state index contributed by atoms with van der Waals surface area (Å²) in [4.78, 5) is 0. The number of oxime groups is 1. The van der Waals surface area contributed by atoms with Crippen LogP contribution >= 0.6 is 0 Å². The first-order valence-electron chi connectivity index (χ1n) is 6.33. The third kappa shape index (κ3) is 5.03. The number of nitrogens with zero attached hydrogens (tertiary/aromatic N) is 1. The van der Waals surface area contributed by atoms with Crippen molar-refractivity contribution in [3.05, 3.63) is 34.9 Å². The highest BCUT2D eigenvalue weighted by Gasteiger charge is 2.04. The Labute approximate surface area is 104 Å². The Kier molecular flexibility index (Phi) is 5.75. The highest BCUT2D eigenvalue weighted by atomic mass is 16.4. The molecule has 17 heavy (non-hydrogen) atoms. The maximum Gasteiger partial charge on any atom is 0.0824 e. The fraction of sp³-hybridized carbons (Fsp3) is 0.533. The molecule has 1 aliphatic carbocycles. The van der Waals surface area contributed by atoms with E-state index in [1.165, 1.54) is 11.1 Å². The molecule has 0 aromatic heterocycles. The van der Waals surface area contributed by atoms with Gasteiger partial charge in [-0.05, 0) is 58.4 Å². The van der Waals surface area contributed by atoms with Crippen molar-refractivity contribution < 1.29 is 5.21 Å². The Bertz CT molecular complexity index is 372. The van der Waals surface area contributed by atoms with Crippen molar-refractivity contribution >= 4 is 5.71 Å². The van der Waals surface area contributed by atoms with Crippen molar-refractivity contribution in [1.82, 2.24) is 0 Å². The SMILES string of the molecule is C/C1=C/C/C=C(C)\C(=N\O)CC/C(C)=C\CC1. The van der Waals surface area contributed by atoms with Gasteiger partial charge in [-0.3, -0.25) is 0 Å². The average molecular weight is 233 g/mol. The van der Waals surface area contributed by atoms with Gasteiger partial charge in [-0.25, -0.2) is 0 Å². The van der Waals surface area contributed by atoms with Gasteiger partial charge in [0, 0.05) is 0 Å². The van der Waals surface area contributed by atoms with E-state index in [2.05, 4.69) is 37.2 Å². The molecule has 2 heteroatoms. The Balaban J connectivity index is 2.86. The molecular formula is C15H23NO. The van der Waals surface area contributed by atoms with Crippen LogP contribution in [0.15, 0.2) is 40.1 Å². The van der Waals surface area contributed by atoms with Crippen molar-refractivity contribution in [2.24, 2.45) is 5.16 Å². The van der Waals surface area contributed by atoms with E-state index >= 15 is 0 Å². The lowest BCUT2D eigenvalue weighted by Gasteiger charge is -2.07. The maximum atomic E-state index is 9.02. The Hall–Kier alpha value is -1.31. The standard InChI is InChI=1S/C15H23NO/c1-12-6-4-7-13(2)10-11-15(16-17)14(3)9-5-8-12/h7-9,17H,4-6,10-11H2,1-3H3/b12-8-,13-7-,14-9-,16-15+. The number of hydrogen-bond donors (Lipinski definition) is 1.